The molecule has 1 aliphatic carbocycles. The van der Waals surface area contributed by atoms with Crippen LogP contribution in [-0.4, -0.2) is 28.4 Å². The molecule has 2 N–H and O–H groups in total. The van der Waals surface area contributed by atoms with Crippen LogP contribution in [0.15, 0.2) is 18.2 Å². The molecule has 0 spiro atoms. The van der Waals surface area contributed by atoms with E-state index >= 15 is 0 Å². The van der Waals surface area contributed by atoms with Crippen molar-refractivity contribution >= 4 is 32.6 Å². The zero-order chi connectivity index (χ0) is 14.1. The van der Waals surface area contributed by atoms with Crippen molar-refractivity contribution in [3.05, 3.63) is 23.8 Å². The molecule has 106 valence electrons. The topological polar surface area (TPSA) is 59.2 Å². The second-order valence-electron chi connectivity index (χ2n) is 5.32. The van der Waals surface area contributed by atoms with E-state index < -0.39 is 0 Å². The van der Waals surface area contributed by atoms with Crippen LogP contribution in [0.2, 0.25) is 0 Å². The van der Waals surface area contributed by atoms with Crippen LogP contribution in [0.1, 0.15) is 43.0 Å². The predicted octanol–water partition coefficient (Wildman–Crippen LogP) is 3.28. The highest BCUT2D eigenvalue weighted by molar-refractivity contribution is 7.22. The van der Waals surface area contributed by atoms with Gasteiger partial charge in [0.05, 0.1) is 10.2 Å². The van der Waals surface area contributed by atoms with E-state index in [9.17, 15) is 4.79 Å². The molecule has 0 unspecified atom stereocenters. The van der Waals surface area contributed by atoms with Gasteiger partial charge in [-0.25, -0.2) is 4.98 Å². The summed E-state index contributed by atoms with van der Waals surface area (Å²) in [6.45, 7) is 3.02. The lowest BCUT2D eigenvalue weighted by atomic mass is 10.1. The number of nitrogen functional groups attached to an aromatic ring is 1. The first-order valence-corrected chi connectivity index (χ1v) is 7.97. The summed E-state index contributed by atoms with van der Waals surface area (Å²) in [5, 5.41) is 0.551. The molecule has 1 heterocycles. The molecule has 0 atom stereocenters. The van der Waals surface area contributed by atoms with E-state index in [2.05, 4.69) is 11.9 Å². The molecule has 1 amide bonds. The number of carbonyl (C=O) groups excluding carboxylic acids is 1. The number of amides is 1. The van der Waals surface area contributed by atoms with E-state index in [4.69, 9.17) is 5.73 Å². The number of anilines is 1. The number of unbranched alkanes of at least 4 members (excludes halogenated alkanes) is 1. The van der Waals surface area contributed by atoms with Crippen LogP contribution in [0.3, 0.4) is 0 Å². The fraction of sp³-hybridized carbons (Fsp3) is 0.467. The first-order valence-electron chi connectivity index (χ1n) is 7.16. The summed E-state index contributed by atoms with van der Waals surface area (Å²) in [6, 6.07) is 6.13. The second-order valence-corrected chi connectivity index (χ2v) is 6.38. The van der Waals surface area contributed by atoms with E-state index in [1.807, 2.05) is 23.1 Å². The summed E-state index contributed by atoms with van der Waals surface area (Å²) in [7, 11) is 0. The number of carbonyl (C=O) groups is 1. The monoisotopic (exact) mass is 289 g/mol. The van der Waals surface area contributed by atoms with Crippen molar-refractivity contribution < 1.29 is 4.79 Å². The van der Waals surface area contributed by atoms with Gasteiger partial charge in [-0.15, -0.1) is 0 Å². The Labute approximate surface area is 122 Å². The number of benzene rings is 1. The fourth-order valence-electron chi connectivity index (χ4n) is 2.41. The van der Waals surface area contributed by atoms with E-state index in [0.29, 0.717) is 11.2 Å². The van der Waals surface area contributed by atoms with Gasteiger partial charge >= 0.3 is 0 Å². The maximum atomic E-state index is 12.7. The minimum atomic E-state index is 0.148. The van der Waals surface area contributed by atoms with Gasteiger partial charge < -0.3 is 10.6 Å². The third kappa shape index (κ3) is 2.63. The molecule has 2 aromatic rings. The molecule has 0 saturated heterocycles. The lowest BCUT2D eigenvalue weighted by Gasteiger charge is -2.22. The van der Waals surface area contributed by atoms with Gasteiger partial charge in [0, 0.05) is 18.2 Å². The van der Waals surface area contributed by atoms with Crippen molar-refractivity contribution in [2.24, 2.45) is 0 Å². The van der Waals surface area contributed by atoms with Gasteiger partial charge in [0.1, 0.15) is 0 Å². The van der Waals surface area contributed by atoms with Crippen LogP contribution < -0.4 is 5.73 Å². The lowest BCUT2D eigenvalue weighted by molar-refractivity contribution is 0.0741. The number of nitrogens with two attached hydrogens (primary N) is 1. The number of rotatable bonds is 5. The zero-order valence-corrected chi connectivity index (χ0v) is 12.4. The summed E-state index contributed by atoms with van der Waals surface area (Å²) in [6.07, 6.45) is 4.47. The van der Waals surface area contributed by atoms with Gasteiger partial charge in [-0.2, -0.15) is 0 Å². The third-order valence-corrected chi connectivity index (χ3v) is 4.50. The van der Waals surface area contributed by atoms with Crippen LogP contribution >= 0.6 is 11.3 Å². The molecule has 1 fully saturated rings. The normalized spacial score (nSPS) is 14.7. The van der Waals surface area contributed by atoms with Gasteiger partial charge in [-0.3, -0.25) is 4.79 Å². The first kappa shape index (κ1) is 13.4. The number of aromatic nitrogens is 1. The van der Waals surface area contributed by atoms with Gasteiger partial charge in [-0.05, 0) is 37.5 Å². The van der Waals surface area contributed by atoms with Crippen molar-refractivity contribution in [3.63, 3.8) is 0 Å². The average molecular weight is 289 g/mol. The molecule has 1 aromatic carbocycles. The summed E-state index contributed by atoms with van der Waals surface area (Å²) in [4.78, 5) is 18.9. The molecule has 1 saturated carbocycles. The van der Waals surface area contributed by atoms with E-state index in [1.54, 1.807) is 0 Å². The van der Waals surface area contributed by atoms with Gasteiger partial charge in [-0.1, -0.05) is 24.7 Å². The van der Waals surface area contributed by atoms with E-state index in [1.165, 1.54) is 11.3 Å². The molecule has 1 aliphatic rings. The van der Waals surface area contributed by atoms with Crippen molar-refractivity contribution in [1.29, 1.82) is 0 Å². The highest BCUT2D eigenvalue weighted by Crippen LogP contribution is 2.30. The standard InChI is InChI=1S/C15H19N3OS/c1-2-3-8-18(11-5-6-11)14(19)10-4-7-12-13(9-10)20-15(16)17-12/h4,7,9,11H,2-3,5-6,8H2,1H3,(H2,16,17). The summed E-state index contributed by atoms with van der Waals surface area (Å²) < 4.78 is 0.986. The maximum Gasteiger partial charge on any atom is 0.254 e. The van der Waals surface area contributed by atoms with E-state index in [0.717, 1.165) is 48.0 Å². The van der Waals surface area contributed by atoms with Crippen LogP contribution in [0.5, 0.6) is 0 Å². The van der Waals surface area contributed by atoms with E-state index in [-0.39, 0.29) is 5.91 Å². The highest BCUT2D eigenvalue weighted by Gasteiger charge is 2.32. The van der Waals surface area contributed by atoms with Crippen LogP contribution in [0.25, 0.3) is 10.2 Å². The summed E-state index contributed by atoms with van der Waals surface area (Å²) >= 11 is 1.43. The third-order valence-electron chi connectivity index (χ3n) is 3.65. The average Bonchev–Trinajstić information content (AvgIpc) is 3.19. The summed E-state index contributed by atoms with van der Waals surface area (Å²) in [5.41, 5.74) is 7.34. The van der Waals surface area contributed by atoms with Gasteiger partial charge in [0.25, 0.3) is 5.91 Å². The molecular weight excluding hydrogens is 270 g/mol. The Hall–Kier alpha value is -1.62. The van der Waals surface area contributed by atoms with Crippen molar-refractivity contribution in [2.45, 2.75) is 38.6 Å². The minimum absolute atomic E-state index is 0.148. The molecule has 0 aliphatic heterocycles. The van der Waals surface area contributed by atoms with Crippen LogP contribution in [0.4, 0.5) is 5.13 Å². The molecule has 20 heavy (non-hydrogen) atoms. The van der Waals surface area contributed by atoms with Crippen LogP contribution in [0, 0.1) is 0 Å². The second kappa shape index (κ2) is 5.40. The maximum absolute atomic E-state index is 12.7. The molecule has 3 rings (SSSR count). The minimum Gasteiger partial charge on any atom is -0.375 e. The molecule has 0 radical (unpaired) electrons. The molecular formula is C15H19N3OS. The lowest BCUT2D eigenvalue weighted by Crippen LogP contribution is -2.33. The smallest absolute Gasteiger partial charge is 0.254 e. The number of fused-ring (bicyclic) bond motifs is 1. The quantitative estimate of drug-likeness (QED) is 0.919. The van der Waals surface area contributed by atoms with Gasteiger partial charge in [0.15, 0.2) is 5.13 Å². The number of nitrogens with zero attached hydrogens (tertiary/aromatic N) is 2. The largest absolute Gasteiger partial charge is 0.375 e. The van der Waals surface area contributed by atoms with Gasteiger partial charge in [0.2, 0.25) is 0 Å². The number of thiazole rings is 1. The SMILES string of the molecule is CCCCN(C(=O)c1ccc2nc(N)sc2c1)C1CC1. The van der Waals surface area contributed by atoms with Crippen molar-refractivity contribution in [3.8, 4) is 0 Å². The van der Waals surface area contributed by atoms with Crippen molar-refractivity contribution in [2.75, 3.05) is 12.3 Å². The van der Waals surface area contributed by atoms with Crippen LogP contribution in [-0.2, 0) is 0 Å². The molecule has 4 nitrogen and oxygen atoms in total. The number of hydrogen-bond acceptors (Lipinski definition) is 4. The Morgan fingerprint density at radius 2 is 2.30 bits per heavy atom. The predicted molar refractivity (Wildman–Crippen MR) is 83.0 cm³/mol. The Bertz CT molecular complexity index is 633. The molecule has 0 bridgehead atoms. The first-order chi connectivity index (χ1) is 9.69. The Morgan fingerprint density at radius 3 is 3.00 bits per heavy atom. The van der Waals surface area contributed by atoms with Crippen molar-refractivity contribution in [1.82, 2.24) is 9.88 Å². The Balaban J connectivity index is 1.85. The Morgan fingerprint density at radius 1 is 1.50 bits per heavy atom. The molecule has 1 aromatic heterocycles. The Kier molecular flexibility index (Phi) is 3.61. The molecule has 5 heteroatoms. The number of hydrogen-bond donors (Lipinski definition) is 1. The summed E-state index contributed by atoms with van der Waals surface area (Å²) in [5.74, 6) is 0.148. The zero-order valence-electron chi connectivity index (χ0n) is 11.6. The highest BCUT2D eigenvalue weighted by atomic mass is 32.1. The fourth-order valence-corrected chi connectivity index (χ4v) is 3.18.